The second-order valence-electron chi connectivity index (χ2n) is 6.49. The number of nitrogens with zero attached hydrogens (tertiary/aromatic N) is 1. The molecule has 7 nitrogen and oxygen atoms in total. The van der Waals surface area contributed by atoms with E-state index in [-0.39, 0.29) is 4.90 Å². The highest BCUT2D eigenvalue weighted by Gasteiger charge is 2.22. The van der Waals surface area contributed by atoms with Crippen molar-refractivity contribution in [3.8, 4) is 17.2 Å². The summed E-state index contributed by atoms with van der Waals surface area (Å²) in [6.45, 7) is 2.80. The van der Waals surface area contributed by atoms with Crippen LogP contribution >= 0.6 is 0 Å². The van der Waals surface area contributed by atoms with Crippen molar-refractivity contribution in [2.75, 3.05) is 43.0 Å². The lowest BCUT2D eigenvalue weighted by molar-refractivity contribution is 0.171. The predicted molar refractivity (Wildman–Crippen MR) is 103 cm³/mol. The Balaban J connectivity index is 1.64. The van der Waals surface area contributed by atoms with Crippen LogP contribution in [0, 0.1) is 0 Å². The molecule has 0 radical (unpaired) electrons. The molecule has 27 heavy (non-hydrogen) atoms. The van der Waals surface area contributed by atoms with E-state index in [9.17, 15) is 8.42 Å². The highest BCUT2D eigenvalue weighted by atomic mass is 32.2. The van der Waals surface area contributed by atoms with Gasteiger partial charge in [0.1, 0.15) is 19.0 Å². The minimum atomic E-state index is -3.80. The van der Waals surface area contributed by atoms with Crippen molar-refractivity contribution in [3.05, 3.63) is 36.4 Å². The molecule has 1 N–H and O–H groups in total. The minimum Gasteiger partial charge on any atom is -0.495 e. The Kier molecular flexibility index (Phi) is 4.73. The third-order valence-electron chi connectivity index (χ3n) is 4.72. The molecule has 2 aliphatic rings. The largest absolute Gasteiger partial charge is 0.495 e. The van der Waals surface area contributed by atoms with Crippen LogP contribution in [0.4, 0.5) is 11.4 Å². The van der Waals surface area contributed by atoms with Crippen molar-refractivity contribution in [2.45, 2.75) is 17.7 Å². The van der Waals surface area contributed by atoms with Crippen LogP contribution < -0.4 is 23.8 Å². The molecule has 0 spiro atoms. The van der Waals surface area contributed by atoms with Gasteiger partial charge in [0.05, 0.1) is 17.7 Å². The van der Waals surface area contributed by atoms with Gasteiger partial charge in [-0.3, -0.25) is 4.72 Å². The number of benzene rings is 2. The van der Waals surface area contributed by atoms with Gasteiger partial charge in [-0.1, -0.05) is 0 Å². The van der Waals surface area contributed by atoms with E-state index in [1.807, 2.05) is 12.1 Å². The first kappa shape index (κ1) is 17.8. The number of fused-ring (bicyclic) bond motifs is 1. The highest BCUT2D eigenvalue weighted by Crippen LogP contribution is 2.35. The Morgan fingerprint density at radius 2 is 1.74 bits per heavy atom. The molecule has 0 aliphatic carbocycles. The number of methoxy groups -OCH3 is 1. The maximum absolute atomic E-state index is 12.9. The van der Waals surface area contributed by atoms with Crippen LogP contribution in [0.1, 0.15) is 12.8 Å². The Labute approximate surface area is 158 Å². The van der Waals surface area contributed by atoms with Crippen molar-refractivity contribution in [2.24, 2.45) is 0 Å². The number of hydrogen-bond donors (Lipinski definition) is 1. The number of nitrogens with one attached hydrogen (secondary N) is 1. The average Bonchev–Trinajstić information content (AvgIpc) is 3.22. The van der Waals surface area contributed by atoms with Gasteiger partial charge in [-0.15, -0.1) is 0 Å². The van der Waals surface area contributed by atoms with E-state index in [0.29, 0.717) is 36.1 Å². The molecular weight excluding hydrogens is 368 g/mol. The fraction of sp³-hybridized carbons (Fsp3) is 0.368. The standard InChI is InChI=1S/C19H22N2O5S/c1-24-17-6-4-14(21-8-2-3-9-21)12-16(17)20-27(22,23)15-5-7-18-19(13-15)26-11-10-25-18/h4-7,12-13,20H,2-3,8-11H2,1H3. The molecule has 8 heteroatoms. The second-order valence-corrected chi connectivity index (χ2v) is 8.17. The molecule has 2 aliphatic heterocycles. The summed E-state index contributed by atoms with van der Waals surface area (Å²) in [6, 6.07) is 10.2. The summed E-state index contributed by atoms with van der Waals surface area (Å²) in [7, 11) is -2.28. The van der Waals surface area contributed by atoms with Crippen LogP contribution in [-0.4, -0.2) is 41.8 Å². The molecule has 0 aromatic heterocycles. The molecule has 0 amide bonds. The smallest absolute Gasteiger partial charge is 0.262 e. The van der Waals surface area contributed by atoms with Gasteiger partial charge in [-0.25, -0.2) is 8.42 Å². The molecule has 0 atom stereocenters. The summed E-state index contributed by atoms with van der Waals surface area (Å²) in [6.07, 6.45) is 2.29. The van der Waals surface area contributed by atoms with Crippen molar-refractivity contribution in [1.82, 2.24) is 0 Å². The van der Waals surface area contributed by atoms with E-state index in [2.05, 4.69) is 9.62 Å². The number of ether oxygens (including phenoxy) is 3. The molecule has 0 unspecified atom stereocenters. The summed E-state index contributed by atoms with van der Waals surface area (Å²) < 4.78 is 44.8. The lowest BCUT2D eigenvalue weighted by atomic mass is 10.2. The van der Waals surface area contributed by atoms with Crippen molar-refractivity contribution < 1.29 is 22.6 Å². The normalized spacial score (nSPS) is 16.3. The molecule has 0 bridgehead atoms. The third kappa shape index (κ3) is 3.62. The topological polar surface area (TPSA) is 77.1 Å². The molecule has 4 rings (SSSR count). The highest BCUT2D eigenvalue weighted by molar-refractivity contribution is 7.92. The van der Waals surface area contributed by atoms with Crippen LogP contribution in [0.25, 0.3) is 0 Å². The zero-order valence-electron chi connectivity index (χ0n) is 15.1. The second kappa shape index (κ2) is 7.19. The Morgan fingerprint density at radius 3 is 2.48 bits per heavy atom. The van der Waals surface area contributed by atoms with E-state index in [1.54, 1.807) is 12.1 Å². The van der Waals surface area contributed by atoms with Crippen molar-refractivity contribution in [3.63, 3.8) is 0 Å². The van der Waals surface area contributed by atoms with Crippen LogP contribution in [-0.2, 0) is 10.0 Å². The zero-order chi connectivity index (χ0) is 18.9. The molecule has 0 saturated carbocycles. The van der Waals surface area contributed by atoms with Crippen LogP contribution in [0.3, 0.4) is 0 Å². The molecule has 1 fully saturated rings. The van der Waals surface area contributed by atoms with E-state index >= 15 is 0 Å². The first-order valence-electron chi connectivity index (χ1n) is 8.92. The quantitative estimate of drug-likeness (QED) is 0.846. The van der Waals surface area contributed by atoms with Gasteiger partial charge in [-0.2, -0.15) is 0 Å². The van der Waals surface area contributed by atoms with Crippen LogP contribution in [0.15, 0.2) is 41.3 Å². The van der Waals surface area contributed by atoms with Gasteiger partial charge in [0.15, 0.2) is 11.5 Å². The molecule has 2 aromatic rings. The average molecular weight is 390 g/mol. The summed E-state index contributed by atoms with van der Waals surface area (Å²) in [5.74, 6) is 1.45. The number of sulfonamides is 1. The SMILES string of the molecule is COc1ccc(N2CCCC2)cc1NS(=O)(=O)c1ccc2c(c1)OCCO2. The zero-order valence-corrected chi connectivity index (χ0v) is 15.9. The summed E-state index contributed by atoms with van der Waals surface area (Å²) in [5, 5.41) is 0. The molecule has 2 aromatic carbocycles. The fourth-order valence-electron chi connectivity index (χ4n) is 3.34. The maximum Gasteiger partial charge on any atom is 0.262 e. The van der Waals surface area contributed by atoms with Crippen molar-refractivity contribution >= 4 is 21.4 Å². The minimum absolute atomic E-state index is 0.111. The molecular formula is C19H22N2O5S. The predicted octanol–water partition coefficient (Wildman–Crippen LogP) is 2.87. The number of anilines is 2. The van der Waals surface area contributed by atoms with E-state index in [0.717, 1.165) is 31.6 Å². The Bertz CT molecular complexity index is 939. The summed E-state index contributed by atoms with van der Waals surface area (Å²) in [4.78, 5) is 2.35. The van der Waals surface area contributed by atoms with Gasteiger partial charge < -0.3 is 19.1 Å². The van der Waals surface area contributed by atoms with Gasteiger partial charge >= 0.3 is 0 Å². The third-order valence-corrected chi connectivity index (χ3v) is 6.09. The lowest BCUT2D eigenvalue weighted by Crippen LogP contribution is -2.19. The van der Waals surface area contributed by atoms with E-state index < -0.39 is 10.0 Å². The van der Waals surface area contributed by atoms with Gasteiger partial charge in [-0.05, 0) is 43.2 Å². The molecule has 1 saturated heterocycles. The first-order valence-corrected chi connectivity index (χ1v) is 10.4. The van der Waals surface area contributed by atoms with Gasteiger partial charge in [0, 0.05) is 24.8 Å². The summed E-state index contributed by atoms with van der Waals surface area (Å²) in [5.41, 5.74) is 1.39. The maximum atomic E-state index is 12.9. The van der Waals surface area contributed by atoms with Crippen LogP contribution in [0.5, 0.6) is 17.2 Å². The van der Waals surface area contributed by atoms with E-state index in [1.165, 1.54) is 19.2 Å². The fourth-order valence-corrected chi connectivity index (χ4v) is 4.42. The monoisotopic (exact) mass is 390 g/mol. The van der Waals surface area contributed by atoms with Gasteiger partial charge in [0.2, 0.25) is 0 Å². The lowest BCUT2D eigenvalue weighted by Gasteiger charge is -2.21. The Hall–Kier alpha value is -2.61. The summed E-state index contributed by atoms with van der Waals surface area (Å²) >= 11 is 0. The van der Waals surface area contributed by atoms with E-state index in [4.69, 9.17) is 14.2 Å². The molecule has 144 valence electrons. The number of hydrogen-bond acceptors (Lipinski definition) is 6. The Morgan fingerprint density at radius 1 is 1.00 bits per heavy atom. The number of rotatable bonds is 5. The van der Waals surface area contributed by atoms with Gasteiger partial charge in [0.25, 0.3) is 10.0 Å². The molecule has 2 heterocycles. The first-order chi connectivity index (χ1) is 13.1. The van der Waals surface area contributed by atoms with Crippen molar-refractivity contribution in [1.29, 1.82) is 0 Å². The van der Waals surface area contributed by atoms with Crippen LogP contribution in [0.2, 0.25) is 0 Å².